The number of fused-ring (bicyclic) bond motifs is 1. The van der Waals surface area contributed by atoms with Gasteiger partial charge in [0.15, 0.2) is 0 Å². The number of hydrogen-bond acceptors (Lipinski definition) is 4. The molecular formula is C17H17N5. The fourth-order valence-corrected chi connectivity index (χ4v) is 2.92. The molecule has 3 heterocycles. The van der Waals surface area contributed by atoms with Crippen LogP contribution >= 0.6 is 0 Å². The van der Waals surface area contributed by atoms with Gasteiger partial charge in [-0.15, -0.1) is 0 Å². The summed E-state index contributed by atoms with van der Waals surface area (Å²) in [4.78, 5) is 8.58. The van der Waals surface area contributed by atoms with Crippen molar-refractivity contribution in [2.24, 2.45) is 0 Å². The van der Waals surface area contributed by atoms with E-state index in [-0.39, 0.29) is 0 Å². The quantitative estimate of drug-likeness (QED) is 0.788. The van der Waals surface area contributed by atoms with E-state index in [1.54, 1.807) is 18.6 Å². The van der Waals surface area contributed by atoms with Crippen molar-refractivity contribution in [3.8, 4) is 17.1 Å². The molecule has 3 aromatic rings. The Balaban J connectivity index is 1.94. The highest BCUT2D eigenvalue weighted by Crippen LogP contribution is 2.34. The molecule has 0 saturated heterocycles. The average Bonchev–Trinajstić information content (AvgIpc) is 3.13. The monoisotopic (exact) mass is 291 g/mol. The third-order valence-electron chi connectivity index (χ3n) is 4.05. The summed E-state index contributed by atoms with van der Waals surface area (Å²) < 4.78 is 2.01. The third-order valence-corrected chi connectivity index (χ3v) is 4.05. The summed E-state index contributed by atoms with van der Waals surface area (Å²) in [6.07, 6.45) is 6.13. The minimum absolute atomic E-state index is 0.825. The summed E-state index contributed by atoms with van der Waals surface area (Å²) in [6.45, 7) is 5.15. The number of rotatable bonds is 2. The van der Waals surface area contributed by atoms with Crippen molar-refractivity contribution in [3.63, 3.8) is 0 Å². The van der Waals surface area contributed by atoms with Gasteiger partial charge in [0.05, 0.1) is 11.9 Å². The lowest BCUT2D eigenvalue weighted by molar-refractivity contribution is 0.871. The molecule has 1 aliphatic rings. The summed E-state index contributed by atoms with van der Waals surface area (Å²) in [5.74, 6) is 1.08. The Morgan fingerprint density at radius 2 is 2.09 bits per heavy atom. The number of aryl methyl sites for hydroxylation is 2. The van der Waals surface area contributed by atoms with E-state index in [1.807, 2.05) is 4.68 Å². The van der Waals surface area contributed by atoms with Gasteiger partial charge in [0.2, 0.25) is 0 Å². The van der Waals surface area contributed by atoms with E-state index >= 15 is 0 Å². The van der Waals surface area contributed by atoms with Gasteiger partial charge in [-0.2, -0.15) is 5.10 Å². The van der Waals surface area contributed by atoms with Gasteiger partial charge in [0, 0.05) is 24.5 Å². The van der Waals surface area contributed by atoms with E-state index in [0.717, 1.165) is 35.9 Å². The molecule has 110 valence electrons. The van der Waals surface area contributed by atoms with E-state index in [4.69, 9.17) is 5.10 Å². The molecule has 22 heavy (non-hydrogen) atoms. The van der Waals surface area contributed by atoms with Crippen LogP contribution in [-0.4, -0.2) is 26.3 Å². The summed E-state index contributed by atoms with van der Waals surface area (Å²) in [5, 5.41) is 8.28. The molecule has 0 spiro atoms. The number of hydrogen-bond donors (Lipinski definition) is 1. The molecule has 1 N–H and O–H groups in total. The smallest absolute Gasteiger partial charge is 0.133 e. The molecule has 0 atom stereocenters. The zero-order valence-electron chi connectivity index (χ0n) is 12.7. The molecule has 5 nitrogen and oxygen atoms in total. The van der Waals surface area contributed by atoms with Crippen LogP contribution in [0.4, 0.5) is 5.82 Å². The second-order valence-corrected chi connectivity index (χ2v) is 5.64. The van der Waals surface area contributed by atoms with Gasteiger partial charge in [0.1, 0.15) is 17.2 Å². The van der Waals surface area contributed by atoms with Crippen LogP contribution in [0.15, 0.2) is 36.8 Å². The Morgan fingerprint density at radius 1 is 1.18 bits per heavy atom. The maximum Gasteiger partial charge on any atom is 0.133 e. The summed E-state index contributed by atoms with van der Waals surface area (Å²) in [6, 6.07) is 6.43. The zero-order valence-corrected chi connectivity index (χ0v) is 12.7. The predicted molar refractivity (Wildman–Crippen MR) is 86.3 cm³/mol. The molecule has 1 aliphatic heterocycles. The number of nitrogens with zero attached hydrogens (tertiary/aromatic N) is 4. The van der Waals surface area contributed by atoms with Gasteiger partial charge < -0.3 is 5.32 Å². The minimum atomic E-state index is 0.825. The predicted octanol–water partition coefficient (Wildman–Crippen LogP) is 2.91. The number of anilines is 1. The van der Waals surface area contributed by atoms with Gasteiger partial charge in [-0.1, -0.05) is 12.1 Å². The maximum atomic E-state index is 4.83. The van der Waals surface area contributed by atoms with Gasteiger partial charge >= 0.3 is 0 Å². The molecule has 0 aliphatic carbocycles. The minimum Gasteiger partial charge on any atom is -0.369 e. The Bertz CT molecular complexity index is 836. The average molecular weight is 291 g/mol. The highest BCUT2D eigenvalue weighted by atomic mass is 15.3. The normalized spacial score (nSPS) is 13.0. The van der Waals surface area contributed by atoms with Crippen molar-refractivity contribution in [1.29, 1.82) is 0 Å². The first-order chi connectivity index (χ1) is 10.7. The third kappa shape index (κ3) is 1.97. The van der Waals surface area contributed by atoms with Gasteiger partial charge in [-0.25, -0.2) is 4.68 Å². The molecule has 0 radical (unpaired) electrons. The first-order valence-electron chi connectivity index (χ1n) is 7.44. The first kappa shape index (κ1) is 13.0. The summed E-state index contributed by atoms with van der Waals surface area (Å²) in [5.41, 5.74) is 6.52. The molecule has 0 amide bonds. The number of aromatic nitrogens is 4. The van der Waals surface area contributed by atoms with Crippen molar-refractivity contribution in [3.05, 3.63) is 53.5 Å². The van der Waals surface area contributed by atoms with Crippen LogP contribution in [0.2, 0.25) is 0 Å². The van der Waals surface area contributed by atoms with Crippen molar-refractivity contribution in [2.75, 3.05) is 11.9 Å². The maximum absolute atomic E-state index is 4.83. The zero-order chi connectivity index (χ0) is 15.1. The standard InChI is InChI=1S/C17H17N5/c1-11-3-4-12(2)15(9-11)22-17-13(5-6-20-17)16(21-22)14-10-18-7-8-19-14/h3-4,7-10,20H,5-6H2,1-2H3. The van der Waals surface area contributed by atoms with E-state index in [9.17, 15) is 0 Å². The van der Waals surface area contributed by atoms with E-state index < -0.39 is 0 Å². The van der Waals surface area contributed by atoms with Gasteiger partial charge in [-0.05, 0) is 37.5 Å². The Kier molecular flexibility index (Phi) is 2.92. The van der Waals surface area contributed by atoms with Crippen molar-refractivity contribution in [1.82, 2.24) is 19.7 Å². The first-order valence-corrected chi connectivity index (χ1v) is 7.44. The van der Waals surface area contributed by atoms with Crippen LogP contribution in [0.1, 0.15) is 16.7 Å². The van der Waals surface area contributed by atoms with Crippen molar-refractivity contribution >= 4 is 5.82 Å². The molecule has 0 bridgehead atoms. The second-order valence-electron chi connectivity index (χ2n) is 5.64. The van der Waals surface area contributed by atoms with Crippen LogP contribution in [0, 0.1) is 13.8 Å². The molecular weight excluding hydrogens is 274 g/mol. The number of nitrogens with one attached hydrogen (secondary N) is 1. The largest absolute Gasteiger partial charge is 0.369 e. The van der Waals surface area contributed by atoms with Crippen LogP contribution in [-0.2, 0) is 6.42 Å². The van der Waals surface area contributed by atoms with Gasteiger partial charge in [0.25, 0.3) is 0 Å². The fraction of sp³-hybridized carbons (Fsp3) is 0.235. The van der Waals surface area contributed by atoms with E-state index in [2.05, 4.69) is 47.3 Å². The topological polar surface area (TPSA) is 55.6 Å². The second kappa shape index (κ2) is 4.94. The number of benzene rings is 1. The fourth-order valence-electron chi connectivity index (χ4n) is 2.92. The summed E-state index contributed by atoms with van der Waals surface area (Å²) in [7, 11) is 0. The lowest BCUT2D eigenvalue weighted by Crippen LogP contribution is -2.06. The van der Waals surface area contributed by atoms with E-state index in [1.165, 1.54) is 16.7 Å². The van der Waals surface area contributed by atoms with Crippen LogP contribution in [0.3, 0.4) is 0 Å². The van der Waals surface area contributed by atoms with Crippen molar-refractivity contribution < 1.29 is 0 Å². The SMILES string of the molecule is Cc1ccc(C)c(-n2nc(-c3cnccn3)c3c2NCC3)c1. The highest BCUT2D eigenvalue weighted by Gasteiger charge is 2.25. The van der Waals surface area contributed by atoms with E-state index in [0.29, 0.717) is 0 Å². The van der Waals surface area contributed by atoms with Gasteiger partial charge in [-0.3, -0.25) is 9.97 Å². The molecule has 0 unspecified atom stereocenters. The molecule has 2 aromatic heterocycles. The van der Waals surface area contributed by atoms with Crippen LogP contribution < -0.4 is 5.32 Å². The Labute approximate surface area is 129 Å². The highest BCUT2D eigenvalue weighted by molar-refractivity contribution is 5.70. The lowest BCUT2D eigenvalue weighted by Gasteiger charge is -2.10. The van der Waals surface area contributed by atoms with Crippen LogP contribution in [0.25, 0.3) is 17.1 Å². The van der Waals surface area contributed by atoms with Crippen molar-refractivity contribution in [2.45, 2.75) is 20.3 Å². The Morgan fingerprint density at radius 3 is 2.91 bits per heavy atom. The molecule has 1 aromatic carbocycles. The summed E-state index contributed by atoms with van der Waals surface area (Å²) >= 11 is 0. The molecule has 0 fully saturated rings. The lowest BCUT2D eigenvalue weighted by atomic mass is 10.1. The Hall–Kier alpha value is -2.69. The molecule has 4 rings (SSSR count). The van der Waals surface area contributed by atoms with Crippen LogP contribution in [0.5, 0.6) is 0 Å². The molecule has 0 saturated carbocycles. The molecule has 5 heteroatoms.